The molecule has 7 nitrogen and oxygen atoms in total. The highest BCUT2D eigenvalue weighted by atomic mass is 32.1. The number of ether oxygens (including phenoxy) is 2. The van der Waals surface area contributed by atoms with E-state index in [0.29, 0.717) is 10.9 Å². The van der Waals surface area contributed by atoms with Gasteiger partial charge in [-0.05, 0) is 54.2 Å². The number of benzene rings is 2. The summed E-state index contributed by atoms with van der Waals surface area (Å²) in [4.78, 5) is 10.3. The minimum Gasteiger partial charge on any atom is -0.546 e. The van der Waals surface area contributed by atoms with Gasteiger partial charge in [0, 0.05) is 11.8 Å². The number of nitrogens with zero attached hydrogens (tertiary/aromatic N) is 1. The highest BCUT2D eigenvalue weighted by Gasteiger charge is 1.98. The molecular weight excluding hydrogens is 342 g/mol. The summed E-state index contributed by atoms with van der Waals surface area (Å²) in [7, 11) is 1.59. The summed E-state index contributed by atoms with van der Waals surface area (Å²) in [5.41, 5.74) is 4.27. The lowest BCUT2D eigenvalue weighted by atomic mass is 10.2. The second-order valence-corrected chi connectivity index (χ2v) is 5.19. The summed E-state index contributed by atoms with van der Waals surface area (Å²) < 4.78 is 10.1. The number of nitrogens with one attached hydrogen (secondary N) is 2. The van der Waals surface area contributed by atoms with Crippen LogP contribution in [0.25, 0.3) is 0 Å². The Hall–Kier alpha value is -3.13. The zero-order valence-corrected chi connectivity index (χ0v) is 14.2. The highest BCUT2D eigenvalue weighted by Crippen LogP contribution is 2.16. The van der Waals surface area contributed by atoms with Crippen molar-refractivity contribution >= 4 is 35.2 Å². The van der Waals surface area contributed by atoms with Crippen molar-refractivity contribution in [2.45, 2.75) is 0 Å². The topological polar surface area (TPSA) is 95.0 Å². The number of hydrogen-bond donors (Lipinski definition) is 2. The summed E-state index contributed by atoms with van der Waals surface area (Å²) in [5, 5.41) is 17.7. The number of carboxylic acid groups (broad SMARTS) is 1. The normalized spacial score (nSPS) is 10.3. The lowest BCUT2D eigenvalue weighted by Gasteiger charge is -2.08. The maximum absolute atomic E-state index is 10.3. The van der Waals surface area contributed by atoms with E-state index in [9.17, 15) is 9.90 Å². The van der Waals surface area contributed by atoms with Crippen molar-refractivity contribution in [2.75, 3.05) is 19.0 Å². The highest BCUT2D eigenvalue weighted by molar-refractivity contribution is 7.80. The fourth-order valence-corrected chi connectivity index (χ4v) is 1.99. The van der Waals surface area contributed by atoms with E-state index in [1.54, 1.807) is 37.6 Å². The standard InChI is InChI=1S/C17H17N3O4S/c1-23-15-4-2-3-13(9-15)19-17(25)20-18-10-12-5-7-14(8-6-12)24-11-16(21)22/h2-10H,11H2,1H3,(H,21,22)(H2,19,20,25)/p-1/b18-10-. The van der Waals surface area contributed by atoms with Crippen molar-refractivity contribution in [1.29, 1.82) is 0 Å². The van der Waals surface area contributed by atoms with Crippen molar-refractivity contribution < 1.29 is 19.4 Å². The van der Waals surface area contributed by atoms with Gasteiger partial charge in [0.05, 0.1) is 19.3 Å². The van der Waals surface area contributed by atoms with Gasteiger partial charge in [-0.15, -0.1) is 0 Å². The maximum atomic E-state index is 10.3. The number of hydrazone groups is 1. The minimum atomic E-state index is -1.27. The van der Waals surface area contributed by atoms with Gasteiger partial charge in [0.15, 0.2) is 5.11 Å². The average molecular weight is 358 g/mol. The molecule has 0 amide bonds. The third-order valence-electron chi connectivity index (χ3n) is 2.94. The van der Waals surface area contributed by atoms with Gasteiger partial charge in [-0.2, -0.15) is 5.10 Å². The van der Waals surface area contributed by atoms with E-state index >= 15 is 0 Å². The van der Waals surface area contributed by atoms with Gasteiger partial charge in [0.25, 0.3) is 0 Å². The summed E-state index contributed by atoms with van der Waals surface area (Å²) in [6.07, 6.45) is 1.57. The zero-order chi connectivity index (χ0) is 18.1. The lowest BCUT2D eigenvalue weighted by molar-refractivity contribution is -0.307. The van der Waals surface area contributed by atoms with E-state index in [0.717, 1.165) is 17.0 Å². The quantitative estimate of drug-likeness (QED) is 0.435. The van der Waals surface area contributed by atoms with Crippen molar-refractivity contribution in [3.05, 3.63) is 54.1 Å². The molecule has 0 fully saturated rings. The molecule has 0 bridgehead atoms. The Bertz CT molecular complexity index is 763. The molecule has 0 heterocycles. The van der Waals surface area contributed by atoms with Gasteiger partial charge in [-0.3, -0.25) is 5.43 Å². The van der Waals surface area contributed by atoms with Crippen LogP contribution in [0.1, 0.15) is 5.56 Å². The second kappa shape index (κ2) is 9.24. The summed E-state index contributed by atoms with van der Waals surface area (Å²) >= 11 is 5.15. The Balaban J connectivity index is 1.83. The number of methoxy groups -OCH3 is 1. The van der Waals surface area contributed by atoms with Crippen LogP contribution in [0.15, 0.2) is 53.6 Å². The summed E-state index contributed by atoms with van der Waals surface area (Å²) in [6.45, 7) is -0.487. The van der Waals surface area contributed by atoms with Crippen LogP contribution in [-0.2, 0) is 4.79 Å². The van der Waals surface area contributed by atoms with Crippen LogP contribution in [0.3, 0.4) is 0 Å². The van der Waals surface area contributed by atoms with Gasteiger partial charge in [0.1, 0.15) is 18.1 Å². The van der Waals surface area contributed by atoms with Crippen molar-refractivity contribution in [3.63, 3.8) is 0 Å². The van der Waals surface area contributed by atoms with Crippen LogP contribution in [0.4, 0.5) is 5.69 Å². The van der Waals surface area contributed by atoms with E-state index in [4.69, 9.17) is 21.7 Å². The van der Waals surface area contributed by atoms with Gasteiger partial charge in [-0.25, -0.2) is 0 Å². The molecule has 8 heteroatoms. The molecule has 25 heavy (non-hydrogen) atoms. The van der Waals surface area contributed by atoms with E-state index in [1.807, 2.05) is 24.3 Å². The Labute approximate surface area is 150 Å². The molecule has 0 spiro atoms. The number of anilines is 1. The molecular formula is C17H16N3O4S-. The summed E-state index contributed by atoms with van der Waals surface area (Å²) in [6, 6.07) is 14.1. The third kappa shape index (κ3) is 6.48. The molecule has 2 aromatic rings. The molecule has 0 saturated carbocycles. The molecule has 2 aromatic carbocycles. The minimum absolute atomic E-state index is 0.332. The van der Waals surface area contributed by atoms with Crippen molar-refractivity contribution in [2.24, 2.45) is 5.10 Å². The molecule has 0 aliphatic carbocycles. The van der Waals surface area contributed by atoms with Crippen molar-refractivity contribution in [1.82, 2.24) is 5.43 Å². The number of rotatable bonds is 7. The van der Waals surface area contributed by atoms with Crippen LogP contribution in [-0.4, -0.2) is 31.0 Å². The zero-order valence-electron chi connectivity index (χ0n) is 13.4. The molecule has 2 rings (SSSR count). The van der Waals surface area contributed by atoms with Gasteiger partial charge in [-0.1, -0.05) is 6.07 Å². The lowest BCUT2D eigenvalue weighted by Crippen LogP contribution is -2.28. The first-order valence-electron chi connectivity index (χ1n) is 7.23. The van der Waals surface area contributed by atoms with Crippen LogP contribution in [0.5, 0.6) is 11.5 Å². The number of hydrogen-bond acceptors (Lipinski definition) is 6. The van der Waals surface area contributed by atoms with Crippen LogP contribution in [0.2, 0.25) is 0 Å². The van der Waals surface area contributed by atoms with Crippen LogP contribution < -0.4 is 25.3 Å². The smallest absolute Gasteiger partial charge is 0.191 e. The molecule has 0 radical (unpaired) electrons. The first-order valence-corrected chi connectivity index (χ1v) is 7.64. The second-order valence-electron chi connectivity index (χ2n) is 4.79. The monoisotopic (exact) mass is 358 g/mol. The molecule has 0 unspecified atom stereocenters. The Morgan fingerprint density at radius 2 is 2.00 bits per heavy atom. The fourth-order valence-electron chi connectivity index (χ4n) is 1.82. The Kier molecular flexibility index (Phi) is 6.73. The Morgan fingerprint density at radius 3 is 2.68 bits per heavy atom. The van der Waals surface area contributed by atoms with E-state index in [1.165, 1.54) is 0 Å². The predicted molar refractivity (Wildman–Crippen MR) is 96.9 cm³/mol. The molecule has 0 aromatic heterocycles. The van der Waals surface area contributed by atoms with Crippen LogP contribution >= 0.6 is 12.2 Å². The molecule has 0 saturated heterocycles. The van der Waals surface area contributed by atoms with E-state index in [2.05, 4.69) is 15.8 Å². The molecule has 0 atom stereocenters. The van der Waals surface area contributed by atoms with Gasteiger partial charge >= 0.3 is 0 Å². The number of thiocarbonyl (C=S) groups is 1. The largest absolute Gasteiger partial charge is 0.546 e. The number of carbonyl (C=O) groups excluding carboxylic acids is 1. The predicted octanol–water partition coefficient (Wildman–Crippen LogP) is 1.14. The summed E-state index contributed by atoms with van der Waals surface area (Å²) in [5.74, 6) is -0.117. The molecule has 0 aliphatic rings. The van der Waals surface area contributed by atoms with E-state index in [-0.39, 0.29) is 0 Å². The van der Waals surface area contributed by atoms with Gasteiger partial charge in [0.2, 0.25) is 0 Å². The molecule has 0 aliphatic heterocycles. The molecule has 2 N–H and O–H groups in total. The fraction of sp³-hybridized carbons (Fsp3) is 0.118. The van der Waals surface area contributed by atoms with Crippen molar-refractivity contribution in [3.8, 4) is 11.5 Å². The SMILES string of the molecule is COc1cccc(NC(=S)N/N=C\c2ccc(OCC(=O)[O-])cc2)c1. The molecule has 130 valence electrons. The first kappa shape index (κ1) is 18.2. The average Bonchev–Trinajstić information content (AvgIpc) is 2.61. The van der Waals surface area contributed by atoms with Crippen LogP contribution in [0, 0.1) is 0 Å². The number of carbonyl (C=O) groups is 1. The number of aliphatic carboxylic acids is 1. The first-order chi connectivity index (χ1) is 12.1. The van der Waals surface area contributed by atoms with Gasteiger partial charge < -0.3 is 24.7 Å². The number of carboxylic acids is 1. The third-order valence-corrected chi connectivity index (χ3v) is 3.14. The maximum Gasteiger partial charge on any atom is 0.191 e. The van der Waals surface area contributed by atoms with E-state index < -0.39 is 12.6 Å². The Morgan fingerprint density at radius 1 is 1.24 bits per heavy atom.